The number of esters is 2. The number of hydrogen-bond donors (Lipinski definition) is 0. The summed E-state index contributed by atoms with van der Waals surface area (Å²) in [5.41, 5.74) is 0. The lowest BCUT2D eigenvalue weighted by Crippen LogP contribution is -2.40. The maximum atomic E-state index is 12.1. The van der Waals surface area contributed by atoms with Gasteiger partial charge in [-0.1, -0.05) is 0 Å². The van der Waals surface area contributed by atoms with Crippen molar-refractivity contribution in [3.05, 3.63) is 0 Å². The van der Waals surface area contributed by atoms with E-state index in [0.29, 0.717) is 6.61 Å². The molecule has 2 atom stereocenters. The predicted molar refractivity (Wildman–Crippen MR) is 72.2 cm³/mol. The van der Waals surface area contributed by atoms with Crippen LogP contribution in [0.5, 0.6) is 0 Å². The fraction of sp³-hybridized carbons (Fsp3) is 0.857. The van der Waals surface area contributed by atoms with E-state index < -0.39 is 30.1 Å². The maximum absolute atomic E-state index is 12.1. The second kappa shape index (κ2) is 7.20. The fourth-order valence-corrected chi connectivity index (χ4v) is 1.89. The highest BCUT2D eigenvalue weighted by Gasteiger charge is 2.54. The molecule has 0 spiro atoms. The minimum Gasteiger partial charge on any atom is -0.461 e. The first kappa shape index (κ1) is 17.9. The van der Waals surface area contributed by atoms with Crippen molar-refractivity contribution in [2.75, 3.05) is 6.61 Å². The zero-order valence-corrected chi connectivity index (χ0v) is 13.4. The Hall–Kier alpha value is -1.18. The number of hydrogen-bond acceptors (Lipinski definition) is 7. The lowest BCUT2D eigenvalue weighted by Gasteiger charge is -2.22. The predicted octanol–water partition coefficient (Wildman–Crippen LogP) is 1.38. The number of carbonyl (C=O) groups is 2. The quantitative estimate of drug-likeness (QED) is 0.686. The summed E-state index contributed by atoms with van der Waals surface area (Å²) in [5.74, 6) is -2.84. The van der Waals surface area contributed by atoms with Crippen LogP contribution in [0.4, 0.5) is 0 Å². The molecule has 7 heteroatoms. The maximum Gasteiger partial charge on any atom is 0.339 e. The second-order valence-electron chi connectivity index (χ2n) is 5.34. The third kappa shape index (κ3) is 4.94. The van der Waals surface area contributed by atoms with Gasteiger partial charge in [-0.05, 0) is 34.6 Å². The molecule has 0 aromatic carbocycles. The van der Waals surface area contributed by atoms with E-state index in [4.69, 9.17) is 23.7 Å². The fourth-order valence-electron chi connectivity index (χ4n) is 1.89. The van der Waals surface area contributed by atoms with E-state index in [1.807, 2.05) is 0 Å². The van der Waals surface area contributed by atoms with Crippen LogP contribution in [0, 0.1) is 0 Å². The lowest BCUT2D eigenvalue weighted by atomic mass is 10.2. The molecule has 0 radical (unpaired) electrons. The van der Waals surface area contributed by atoms with Crippen molar-refractivity contribution in [2.45, 2.75) is 71.9 Å². The van der Waals surface area contributed by atoms with E-state index in [9.17, 15) is 9.59 Å². The molecular weight excluding hydrogens is 280 g/mol. The van der Waals surface area contributed by atoms with Crippen molar-refractivity contribution < 1.29 is 33.3 Å². The molecule has 0 aliphatic carbocycles. The molecule has 122 valence electrons. The third-order valence-corrected chi connectivity index (χ3v) is 2.53. The van der Waals surface area contributed by atoms with E-state index in [2.05, 4.69) is 0 Å². The van der Waals surface area contributed by atoms with E-state index in [0.717, 1.165) is 0 Å². The Kier molecular flexibility index (Phi) is 6.12. The van der Waals surface area contributed by atoms with Crippen LogP contribution in [0.1, 0.15) is 41.5 Å². The van der Waals surface area contributed by atoms with Gasteiger partial charge in [-0.3, -0.25) is 0 Å². The Morgan fingerprint density at radius 2 is 1.38 bits per heavy atom. The number of rotatable bonds is 6. The van der Waals surface area contributed by atoms with Gasteiger partial charge in [0.2, 0.25) is 0 Å². The normalized spacial score (nSPS) is 24.4. The third-order valence-electron chi connectivity index (χ3n) is 2.53. The van der Waals surface area contributed by atoms with Gasteiger partial charge in [0.15, 0.2) is 12.2 Å². The molecule has 7 nitrogen and oxygen atoms in total. The molecule has 0 saturated carbocycles. The SMILES string of the molecule is CCOC1(C)O[C@@H](C(=O)OC(C)C)[C@H](C(=O)OC(C)C)O1. The van der Waals surface area contributed by atoms with Crippen molar-refractivity contribution in [3.63, 3.8) is 0 Å². The van der Waals surface area contributed by atoms with Crippen molar-refractivity contribution in [1.29, 1.82) is 0 Å². The van der Waals surface area contributed by atoms with Gasteiger partial charge >= 0.3 is 11.9 Å². The molecule has 1 fully saturated rings. The Morgan fingerprint density at radius 3 is 1.67 bits per heavy atom. The molecule has 1 rings (SSSR count). The molecule has 0 unspecified atom stereocenters. The molecule has 0 N–H and O–H groups in total. The molecular formula is C14H24O7. The Labute approximate surface area is 124 Å². The van der Waals surface area contributed by atoms with Crippen LogP contribution in [0.2, 0.25) is 0 Å². The van der Waals surface area contributed by atoms with Gasteiger partial charge in [-0.25, -0.2) is 9.59 Å². The van der Waals surface area contributed by atoms with Gasteiger partial charge in [-0.2, -0.15) is 0 Å². The molecule has 0 aromatic heterocycles. The summed E-state index contributed by atoms with van der Waals surface area (Å²) in [4.78, 5) is 24.1. The molecule has 0 bridgehead atoms. The highest BCUT2D eigenvalue weighted by atomic mass is 16.9. The van der Waals surface area contributed by atoms with Gasteiger partial charge in [0, 0.05) is 13.5 Å². The summed E-state index contributed by atoms with van der Waals surface area (Å²) >= 11 is 0. The molecule has 21 heavy (non-hydrogen) atoms. The second-order valence-corrected chi connectivity index (χ2v) is 5.34. The van der Waals surface area contributed by atoms with Crippen molar-refractivity contribution in [2.24, 2.45) is 0 Å². The monoisotopic (exact) mass is 304 g/mol. The van der Waals surface area contributed by atoms with Gasteiger partial charge in [-0.15, -0.1) is 0 Å². The summed E-state index contributed by atoms with van der Waals surface area (Å²) in [6, 6.07) is 0. The first-order valence-corrected chi connectivity index (χ1v) is 7.09. The van der Waals surface area contributed by atoms with Gasteiger partial charge in [0.05, 0.1) is 12.2 Å². The van der Waals surface area contributed by atoms with Crippen LogP contribution in [-0.4, -0.2) is 48.9 Å². The molecule has 0 amide bonds. The van der Waals surface area contributed by atoms with Crippen LogP contribution in [0.25, 0.3) is 0 Å². The van der Waals surface area contributed by atoms with E-state index in [1.54, 1.807) is 34.6 Å². The summed E-state index contributed by atoms with van der Waals surface area (Å²) < 4.78 is 26.4. The first-order chi connectivity index (χ1) is 9.68. The molecule has 1 saturated heterocycles. The Balaban J connectivity index is 2.88. The highest BCUT2D eigenvalue weighted by Crippen LogP contribution is 2.31. The number of carbonyl (C=O) groups excluding carboxylic acids is 2. The van der Waals surface area contributed by atoms with Gasteiger partial charge in [0.25, 0.3) is 5.97 Å². The van der Waals surface area contributed by atoms with Crippen LogP contribution >= 0.6 is 0 Å². The van der Waals surface area contributed by atoms with Crippen LogP contribution in [0.3, 0.4) is 0 Å². The largest absolute Gasteiger partial charge is 0.461 e. The van der Waals surface area contributed by atoms with Crippen molar-refractivity contribution in [1.82, 2.24) is 0 Å². The van der Waals surface area contributed by atoms with Gasteiger partial charge in [0.1, 0.15) is 0 Å². The van der Waals surface area contributed by atoms with Gasteiger partial charge < -0.3 is 23.7 Å². The van der Waals surface area contributed by atoms with E-state index in [1.165, 1.54) is 6.92 Å². The number of ether oxygens (including phenoxy) is 5. The summed E-state index contributed by atoms with van der Waals surface area (Å²) in [6.07, 6.45) is -3.09. The van der Waals surface area contributed by atoms with Crippen LogP contribution in [0.15, 0.2) is 0 Å². The van der Waals surface area contributed by atoms with Crippen molar-refractivity contribution >= 4 is 11.9 Å². The highest BCUT2D eigenvalue weighted by molar-refractivity contribution is 5.86. The molecule has 1 aliphatic rings. The lowest BCUT2D eigenvalue weighted by molar-refractivity contribution is -0.327. The summed E-state index contributed by atoms with van der Waals surface area (Å²) in [5, 5.41) is 0. The minimum atomic E-state index is -1.48. The zero-order chi connectivity index (χ0) is 16.2. The summed E-state index contributed by atoms with van der Waals surface area (Å²) in [7, 11) is 0. The first-order valence-electron chi connectivity index (χ1n) is 7.09. The average molecular weight is 304 g/mol. The molecule has 1 heterocycles. The molecule has 1 aliphatic heterocycles. The van der Waals surface area contributed by atoms with Crippen LogP contribution < -0.4 is 0 Å². The smallest absolute Gasteiger partial charge is 0.339 e. The summed E-state index contributed by atoms with van der Waals surface area (Å²) in [6.45, 7) is 10.4. The standard InChI is InChI=1S/C14H24O7/c1-7-17-14(6)20-10(12(15)18-8(2)3)11(21-14)13(16)19-9(4)5/h8-11H,7H2,1-6H3/t10-,11-/m1/s1. The van der Waals surface area contributed by atoms with Crippen molar-refractivity contribution in [3.8, 4) is 0 Å². The Morgan fingerprint density at radius 1 is 1.00 bits per heavy atom. The van der Waals surface area contributed by atoms with Crippen LogP contribution in [-0.2, 0) is 33.3 Å². The minimum absolute atomic E-state index is 0.300. The molecule has 0 aromatic rings. The topological polar surface area (TPSA) is 80.3 Å². The Bertz CT molecular complexity index is 348. The van der Waals surface area contributed by atoms with E-state index in [-0.39, 0.29) is 12.2 Å². The average Bonchev–Trinajstić information content (AvgIpc) is 2.66. The zero-order valence-electron chi connectivity index (χ0n) is 13.4. The van der Waals surface area contributed by atoms with E-state index >= 15 is 0 Å².